The molecule has 0 aromatic heterocycles. The number of hydrogen-bond acceptors (Lipinski definition) is 2. The van der Waals surface area contributed by atoms with Gasteiger partial charge in [0.25, 0.3) is 0 Å². The van der Waals surface area contributed by atoms with Gasteiger partial charge < -0.3 is 0 Å². The summed E-state index contributed by atoms with van der Waals surface area (Å²) in [6, 6.07) is 0. The Morgan fingerprint density at radius 3 is 1.65 bits per heavy atom. The van der Waals surface area contributed by atoms with E-state index in [1.165, 1.54) is 24.2 Å². The third-order valence-electron chi connectivity index (χ3n) is 6.30. The molecule has 0 unspecified atom stereocenters. The van der Waals surface area contributed by atoms with Gasteiger partial charge in [0.05, 0.1) is 0 Å². The van der Waals surface area contributed by atoms with Crippen LogP contribution in [0.5, 0.6) is 0 Å². The van der Waals surface area contributed by atoms with Crippen molar-refractivity contribution in [2.75, 3.05) is 0 Å². The predicted octanol–water partition coefficient (Wildman–Crippen LogP) is 2.99. The van der Waals surface area contributed by atoms with E-state index in [1.54, 1.807) is 0 Å². The van der Waals surface area contributed by atoms with E-state index in [1.807, 2.05) is 20.8 Å². The Morgan fingerprint density at radius 1 is 0.900 bits per heavy atom. The number of likely N-dealkylation sites (tertiary alicyclic amines) is 1. The van der Waals surface area contributed by atoms with Crippen molar-refractivity contribution in [2.24, 2.45) is 29.1 Å². The Hall–Kier alpha value is -0.860. The Balaban J connectivity index is 1.63. The lowest BCUT2D eigenvalue weighted by molar-refractivity contribution is -0.190. The van der Waals surface area contributed by atoms with E-state index in [0.717, 1.165) is 37.0 Å². The van der Waals surface area contributed by atoms with Crippen molar-refractivity contribution in [3.8, 4) is 0 Å². The number of hydrogen-bond donors (Lipinski definition) is 0. The van der Waals surface area contributed by atoms with Gasteiger partial charge in [-0.2, -0.15) is 0 Å². The number of rotatable bonds is 1. The first-order chi connectivity index (χ1) is 9.30. The molecule has 5 aliphatic rings. The molecule has 0 atom stereocenters. The van der Waals surface area contributed by atoms with Crippen molar-refractivity contribution in [3.63, 3.8) is 0 Å². The number of carbonyl (C=O) groups excluding carboxylic acids is 2. The molecule has 0 aromatic rings. The van der Waals surface area contributed by atoms with Crippen molar-refractivity contribution < 1.29 is 9.59 Å². The van der Waals surface area contributed by atoms with Crippen LogP contribution in [0, 0.1) is 29.1 Å². The van der Waals surface area contributed by atoms with E-state index in [9.17, 15) is 9.59 Å². The second kappa shape index (κ2) is 3.66. The van der Waals surface area contributed by atoms with Gasteiger partial charge in [-0.25, -0.2) is 0 Å². The Morgan fingerprint density at radius 2 is 1.30 bits per heavy atom. The van der Waals surface area contributed by atoms with Gasteiger partial charge in [0.1, 0.15) is 5.92 Å². The quantitative estimate of drug-likeness (QED) is 0.545. The van der Waals surface area contributed by atoms with Crippen molar-refractivity contribution in [1.29, 1.82) is 0 Å². The molecule has 1 aliphatic heterocycles. The van der Waals surface area contributed by atoms with Crippen LogP contribution in [0.4, 0.5) is 0 Å². The molecule has 0 N–H and O–H groups in total. The summed E-state index contributed by atoms with van der Waals surface area (Å²) in [5.74, 6) is 2.32. The van der Waals surface area contributed by atoms with E-state index in [0.29, 0.717) is 0 Å². The van der Waals surface area contributed by atoms with Gasteiger partial charge in [0.15, 0.2) is 0 Å². The molecule has 3 nitrogen and oxygen atoms in total. The highest BCUT2D eigenvalue weighted by atomic mass is 16.2. The average Bonchev–Trinajstić information content (AvgIpc) is 2.23. The first-order valence-electron chi connectivity index (χ1n) is 8.18. The number of β-lactam (4-membered cyclic amide) rings is 2. The van der Waals surface area contributed by atoms with Crippen LogP contribution in [0.25, 0.3) is 0 Å². The molecule has 1 heterocycles. The van der Waals surface area contributed by atoms with Gasteiger partial charge in [-0.3, -0.25) is 14.5 Å². The summed E-state index contributed by atoms with van der Waals surface area (Å²) in [5, 5.41) is 0. The molecule has 4 aliphatic carbocycles. The lowest BCUT2D eigenvalue weighted by atomic mass is 9.45. The van der Waals surface area contributed by atoms with Crippen LogP contribution in [0.15, 0.2) is 0 Å². The molecule has 5 fully saturated rings. The average molecular weight is 275 g/mol. The molecular weight excluding hydrogens is 250 g/mol. The minimum atomic E-state index is -0.354. The number of carbonyl (C=O) groups is 2. The first-order valence-corrected chi connectivity index (χ1v) is 8.18. The molecule has 0 spiro atoms. The third kappa shape index (κ3) is 1.52. The Bertz CT molecular complexity index is 436. The highest BCUT2D eigenvalue weighted by Gasteiger charge is 2.65. The lowest BCUT2D eigenvalue weighted by Gasteiger charge is -2.62. The molecule has 1 saturated heterocycles. The van der Waals surface area contributed by atoms with Crippen LogP contribution in [-0.2, 0) is 9.59 Å². The topological polar surface area (TPSA) is 37.4 Å². The Kier molecular flexibility index (Phi) is 2.35. The maximum atomic E-state index is 12.6. The minimum absolute atomic E-state index is 0.0463. The molecular formula is C17H25NO2. The zero-order chi connectivity index (χ0) is 14.3. The maximum absolute atomic E-state index is 12.6. The van der Waals surface area contributed by atoms with Crippen molar-refractivity contribution in [3.05, 3.63) is 0 Å². The van der Waals surface area contributed by atoms with Crippen LogP contribution >= 0.6 is 0 Å². The molecule has 110 valence electrons. The van der Waals surface area contributed by atoms with Gasteiger partial charge >= 0.3 is 0 Å². The van der Waals surface area contributed by atoms with Crippen molar-refractivity contribution in [1.82, 2.24) is 4.90 Å². The summed E-state index contributed by atoms with van der Waals surface area (Å²) in [6.07, 6.45) is 7.49. The van der Waals surface area contributed by atoms with Gasteiger partial charge in [0, 0.05) is 5.54 Å². The summed E-state index contributed by atoms with van der Waals surface area (Å²) in [6.45, 7) is 5.87. The van der Waals surface area contributed by atoms with E-state index in [2.05, 4.69) is 0 Å². The monoisotopic (exact) mass is 275 g/mol. The number of nitrogens with zero attached hydrogens (tertiary/aromatic N) is 1. The lowest BCUT2D eigenvalue weighted by Crippen LogP contribution is -2.70. The van der Waals surface area contributed by atoms with E-state index in [-0.39, 0.29) is 28.7 Å². The Labute approximate surface area is 121 Å². The van der Waals surface area contributed by atoms with Crippen LogP contribution in [-0.4, -0.2) is 22.3 Å². The van der Waals surface area contributed by atoms with Gasteiger partial charge in [0.2, 0.25) is 11.8 Å². The molecule has 2 amide bonds. The normalized spacial score (nSPS) is 44.1. The summed E-state index contributed by atoms with van der Waals surface area (Å²) < 4.78 is 0. The fourth-order valence-electron chi connectivity index (χ4n) is 6.12. The molecule has 0 radical (unpaired) electrons. The van der Waals surface area contributed by atoms with Crippen LogP contribution in [0.1, 0.15) is 59.3 Å². The molecule has 3 heteroatoms. The van der Waals surface area contributed by atoms with Gasteiger partial charge in [-0.1, -0.05) is 0 Å². The largest absolute Gasteiger partial charge is 0.276 e. The zero-order valence-corrected chi connectivity index (χ0v) is 12.8. The summed E-state index contributed by atoms with van der Waals surface area (Å²) in [4.78, 5) is 26.8. The molecule has 5 rings (SSSR count). The summed E-state index contributed by atoms with van der Waals surface area (Å²) >= 11 is 0. The van der Waals surface area contributed by atoms with Crippen LogP contribution < -0.4 is 0 Å². The fraction of sp³-hybridized carbons (Fsp3) is 0.882. The van der Waals surface area contributed by atoms with Crippen LogP contribution in [0.3, 0.4) is 0 Å². The van der Waals surface area contributed by atoms with Gasteiger partial charge in [-0.05, 0) is 82.5 Å². The fourth-order valence-corrected chi connectivity index (χ4v) is 6.12. The van der Waals surface area contributed by atoms with Gasteiger partial charge in [-0.15, -0.1) is 0 Å². The SMILES string of the molecule is CC(C)(C)N1C(=O)C(C23CC4CC(CC(C4)C2)C3)C1=O. The standard InChI is InChI=1S/C17H25NO2/c1-16(2,3)18-14(19)13(15(18)20)17-7-10-4-11(8-17)6-12(5-10)9-17/h10-13H,4-9H2,1-3H3. The second-order valence-electron chi connectivity index (χ2n) is 8.90. The molecule has 20 heavy (non-hydrogen) atoms. The number of amides is 2. The van der Waals surface area contributed by atoms with Crippen molar-refractivity contribution in [2.45, 2.75) is 64.8 Å². The maximum Gasteiger partial charge on any atom is 0.242 e. The summed E-state index contributed by atoms with van der Waals surface area (Å²) in [5.41, 5.74) is -0.308. The van der Waals surface area contributed by atoms with E-state index >= 15 is 0 Å². The van der Waals surface area contributed by atoms with E-state index in [4.69, 9.17) is 0 Å². The highest BCUT2D eigenvalue weighted by molar-refractivity contribution is 6.18. The zero-order valence-electron chi connectivity index (χ0n) is 12.8. The third-order valence-corrected chi connectivity index (χ3v) is 6.30. The van der Waals surface area contributed by atoms with Crippen molar-refractivity contribution >= 4 is 11.8 Å². The number of imide groups is 1. The highest BCUT2D eigenvalue weighted by Crippen LogP contribution is 2.64. The van der Waals surface area contributed by atoms with Crippen LogP contribution in [0.2, 0.25) is 0 Å². The first kappa shape index (κ1) is 12.8. The predicted molar refractivity (Wildman–Crippen MR) is 75.7 cm³/mol. The molecule has 0 aromatic carbocycles. The summed E-state index contributed by atoms with van der Waals surface area (Å²) in [7, 11) is 0. The second-order valence-corrected chi connectivity index (χ2v) is 8.90. The van der Waals surface area contributed by atoms with E-state index < -0.39 is 0 Å². The molecule has 4 saturated carbocycles. The minimum Gasteiger partial charge on any atom is -0.276 e. The smallest absolute Gasteiger partial charge is 0.242 e. The molecule has 4 bridgehead atoms.